The van der Waals surface area contributed by atoms with Gasteiger partial charge in [-0.15, -0.1) is 0 Å². The molecule has 0 spiro atoms. The van der Waals surface area contributed by atoms with Crippen molar-refractivity contribution in [2.75, 3.05) is 19.7 Å². The molecule has 0 bridgehead atoms. The second kappa shape index (κ2) is 5.52. The average Bonchev–Trinajstić information content (AvgIpc) is 2.82. The van der Waals surface area contributed by atoms with Crippen LogP contribution in [-0.2, 0) is 9.59 Å². The Bertz CT molecular complexity index is 503. The minimum absolute atomic E-state index is 0.115. The van der Waals surface area contributed by atoms with Crippen molar-refractivity contribution in [2.45, 2.75) is 26.7 Å². The number of amides is 1. The lowest BCUT2D eigenvalue weighted by molar-refractivity contribution is -0.153. The molecule has 2 heterocycles. The minimum atomic E-state index is -0.807. The summed E-state index contributed by atoms with van der Waals surface area (Å²) in [7, 11) is 0. The van der Waals surface area contributed by atoms with Gasteiger partial charge in [0.2, 0.25) is 0 Å². The van der Waals surface area contributed by atoms with Gasteiger partial charge in [-0.2, -0.15) is 0 Å². The monoisotopic (exact) mass is 282 g/mol. The molecule has 7 nitrogen and oxygen atoms in total. The van der Waals surface area contributed by atoms with Gasteiger partial charge in [-0.3, -0.25) is 9.59 Å². The Morgan fingerprint density at radius 2 is 2.15 bits per heavy atom. The van der Waals surface area contributed by atoms with Gasteiger partial charge >= 0.3 is 5.97 Å². The van der Waals surface area contributed by atoms with Crippen LogP contribution in [0.1, 0.15) is 25.5 Å². The Kier molecular flexibility index (Phi) is 3.96. The lowest BCUT2D eigenvalue weighted by Crippen LogP contribution is -2.46. The lowest BCUT2D eigenvalue weighted by Gasteiger charge is -2.36. The van der Waals surface area contributed by atoms with Crippen molar-refractivity contribution in [1.29, 1.82) is 0 Å². The number of likely N-dealkylation sites (tertiary alicyclic amines) is 1. The van der Waals surface area contributed by atoms with E-state index in [1.807, 2.05) is 0 Å². The molecular formula is C13H18N2O5. The molecule has 0 unspecified atom stereocenters. The zero-order valence-electron chi connectivity index (χ0n) is 11.6. The molecular weight excluding hydrogens is 264 g/mol. The third kappa shape index (κ3) is 3.09. The molecule has 1 saturated heterocycles. The first kappa shape index (κ1) is 14.4. The fourth-order valence-electron chi connectivity index (χ4n) is 2.10. The largest absolute Gasteiger partial charge is 0.481 e. The first-order valence-electron chi connectivity index (χ1n) is 6.48. The predicted octanol–water partition coefficient (Wildman–Crippen LogP) is 1.08. The number of hydrogen-bond acceptors (Lipinski definition) is 5. The van der Waals surface area contributed by atoms with Crippen LogP contribution in [0.4, 0.5) is 0 Å². The van der Waals surface area contributed by atoms with Gasteiger partial charge in [0, 0.05) is 19.2 Å². The maximum absolute atomic E-state index is 12.0. The number of aliphatic carboxylic acids is 1. The number of nitrogens with zero attached hydrogens (tertiary/aromatic N) is 2. The number of aromatic nitrogens is 1. The van der Waals surface area contributed by atoms with Gasteiger partial charge in [-0.25, -0.2) is 0 Å². The zero-order chi connectivity index (χ0) is 14.8. The molecule has 1 aromatic rings. The summed E-state index contributed by atoms with van der Waals surface area (Å²) in [6.07, 6.45) is 0.911. The van der Waals surface area contributed by atoms with Crippen LogP contribution in [0, 0.1) is 12.3 Å². The smallest absolute Gasteiger partial charge is 0.309 e. The second-order valence-corrected chi connectivity index (χ2v) is 5.31. The Labute approximate surface area is 116 Å². The van der Waals surface area contributed by atoms with Gasteiger partial charge in [-0.1, -0.05) is 0 Å². The average molecular weight is 282 g/mol. The Balaban J connectivity index is 1.81. The molecule has 2 rings (SSSR count). The highest BCUT2D eigenvalue weighted by Gasteiger charge is 2.38. The van der Waals surface area contributed by atoms with E-state index in [0.717, 1.165) is 0 Å². The molecule has 110 valence electrons. The summed E-state index contributed by atoms with van der Waals surface area (Å²) < 4.78 is 10.1. The highest BCUT2D eigenvalue weighted by molar-refractivity contribution is 5.79. The Morgan fingerprint density at radius 3 is 2.65 bits per heavy atom. The van der Waals surface area contributed by atoms with Gasteiger partial charge in [0.1, 0.15) is 5.76 Å². The van der Waals surface area contributed by atoms with Crippen molar-refractivity contribution in [3.63, 3.8) is 0 Å². The molecule has 0 aromatic carbocycles. The topological polar surface area (TPSA) is 92.9 Å². The number of aryl methyl sites for hydroxylation is 1. The van der Waals surface area contributed by atoms with E-state index in [2.05, 4.69) is 5.16 Å². The fraction of sp³-hybridized carbons (Fsp3) is 0.615. The quantitative estimate of drug-likeness (QED) is 0.888. The van der Waals surface area contributed by atoms with E-state index >= 15 is 0 Å². The molecule has 0 aliphatic carbocycles. The van der Waals surface area contributed by atoms with Crippen LogP contribution in [0.2, 0.25) is 0 Å². The molecule has 1 aromatic heterocycles. The van der Waals surface area contributed by atoms with Crippen molar-refractivity contribution >= 4 is 11.9 Å². The highest BCUT2D eigenvalue weighted by atomic mass is 16.5. The molecule has 20 heavy (non-hydrogen) atoms. The molecule has 1 aliphatic heterocycles. The van der Waals surface area contributed by atoms with Crippen molar-refractivity contribution in [1.82, 2.24) is 10.1 Å². The van der Waals surface area contributed by atoms with E-state index in [4.69, 9.17) is 14.4 Å². The van der Waals surface area contributed by atoms with E-state index in [1.165, 1.54) is 0 Å². The van der Waals surface area contributed by atoms with Crippen molar-refractivity contribution in [3.05, 3.63) is 11.8 Å². The number of carboxylic acid groups (broad SMARTS) is 1. The van der Waals surface area contributed by atoms with Crippen LogP contribution in [0.25, 0.3) is 0 Å². The third-order valence-corrected chi connectivity index (χ3v) is 3.69. The van der Waals surface area contributed by atoms with E-state index in [-0.39, 0.29) is 18.4 Å². The van der Waals surface area contributed by atoms with Crippen molar-refractivity contribution in [2.24, 2.45) is 5.41 Å². The highest BCUT2D eigenvalue weighted by Crippen LogP contribution is 2.31. The molecule has 0 saturated carbocycles. The summed E-state index contributed by atoms with van der Waals surface area (Å²) in [5.74, 6) is -0.0807. The maximum atomic E-state index is 12.0. The van der Waals surface area contributed by atoms with Crippen molar-refractivity contribution in [3.8, 4) is 5.88 Å². The summed E-state index contributed by atoms with van der Waals surface area (Å²) >= 11 is 0. The van der Waals surface area contributed by atoms with Crippen LogP contribution in [0.15, 0.2) is 10.6 Å². The second-order valence-electron chi connectivity index (χ2n) is 5.31. The lowest BCUT2D eigenvalue weighted by atomic mass is 9.80. The number of carboxylic acids is 1. The van der Waals surface area contributed by atoms with Gasteiger partial charge < -0.3 is 19.3 Å². The van der Waals surface area contributed by atoms with Crippen LogP contribution >= 0.6 is 0 Å². The molecule has 1 aliphatic rings. The molecule has 0 radical (unpaired) electrons. The number of rotatable bonds is 4. The number of piperidine rings is 1. The normalized spacial score (nSPS) is 17.8. The minimum Gasteiger partial charge on any atom is -0.481 e. The molecule has 1 N–H and O–H groups in total. The van der Waals surface area contributed by atoms with E-state index < -0.39 is 11.4 Å². The van der Waals surface area contributed by atoms with Gasteiger partial charge in [0.05, 0.1) is 5.41 Å². The Hall–Kier alpha value is -2.05. The van der Waals surface area contributed by atoms with Crippen LogP contribution in [0.5, 0.6) is 5.88 Å². The van der Waals surface area contributed by atoms with Gasteiger partial charge in [0.15, 0.2) is 6.61 Å². The summed E-state index contributed by atoms with van der Waals surface area (Å²) in [6.45, 7) is 4.20. The van der Waals surface area contributed by atoms with Gasteiger partial charge in [0.25, 0.3) is 11.8 Å². The summed E-state index contributed by atoms with van der Waals surface area (Å²) in [4.78, 5) is 24.7. The van der Waals surface area contributed by atoms with Crippen LogP contribution in [-0.4, -0.2) is 46.7 Å². The number of ether oxygens (including phenoxy) is 1. The Morgan fingerprint density at radius 1 is 1.50 bits per heavy atom. The molecule has 1 fully saturated rings. The summed E-state index contributed by atoms with van der Waals surface area (Å²) in [5.41, 5.74) is -0.735. The first-order valence-corrected chi connectivity index (χ1v) is 6.48. The first-order chi connectivity index (χ1) is 9.40. The maximum Gasteiger partial charge on any atom is 0.309 e. The molecule has 7 heteroatoms. The summed E-state index contributed by atoms with van der Waals surface area (Å²) in [5, 5.41) is 12.8. The summed E-state index contributed by atoms with van der Waals surface area (Å²) in [6, 6.07) is 1.60. The molecule has 1 amide bonds. The molecule has 0 atom stereocenters. The number of carbonyl (C=O) groups excluding carboxylic acids is 1. The zero-order valence-corrected chi connectivity index (χ0v) is 11.6. The van der Waals surface area contributed by atoms with E-state index in [9.17, 15) is 9.59 Å². The SMILES string of the molecule is Cc1cc(OCC(=O)N2CCC(C)(C(=O)O)CC2)no1. The van der Waals surface area contributed by atoms with E-state index in [1.54, 1.807) is 24.8 Å². The van der Waals surface area contributed by atoms with Crippen LogP contribution in [0.3, 0.4) is 0 Å². The fourth-order valence-corrected chi connectivity index (χ4v) is 2.10. The van der Waals surface area contributed by atoms with Crippen molar-refractivity contribution < 1.29 is 24.0 Å². The van der Waals surface area contributed by atoms with Gasteiger partial charge in [-0.05, 0) is 31.8 Å². The van der Waals surface area contributed by atoms with Crippen LogP contribution < -0.4 is 4.74 Å². The standard InChI is InChI=1S/C13H18N2O5/c1-9-7-10(14-20-9)19-8-11(16)15-5-3-13(2,4-6-15)12(17)18/h7H,3-6,8H2,1-2H3,(H,17,18). The third-order valence-electron chi connectivity index (χ3n) is 3.69. The number of hydrogen-bond donors (Lipinski definition) is 1. The van der Waals surface area contributed by atoms with E-state index in [0.29, 0.717) is 31.7 Å². The number of carbonyl (C=O) groups is 2. The predicted molar refractivity (Wildman–Crippen MR) is 68.3 cm³/mol.